The summed E-state index contributed by atoms with van der Waals surface area (Å²) in [5, 5.41) is 5.16. The van der Waals surface area contributed by atoms with Crippen LogP contribution in [0.1, 0.15) is 62.9 Å². The molecule has 1 saturated heterocycles. The second kappa shape index (κ2) is 9.26. The van der Waals surface area contributed by atoms with Gasteiger partial charge in [-0.2, -0.15) is 0 Å². The number of H-pyrrole nitrogens is 1. The van der Waals surface area contributed by atoms with Gasteiger partial charge in [-0.05, 0) is 68.5 Å². The fourth-order valence-electron chi connectivity index (χ4n) is 5.93. The number of benzene rings is 2. The fraction of sp³-hybridized carbons (Fsp3) is 0.448. The molecule has 2 aliphatic rings. The van der Waals surface area contributed by atoms with E-state index in [4.69, 9.17) is 0 Å². The van der Waals surface area contributed by atoms with Gasteiger partial charge in [-0.1, -0.05) is 50.8 Å². The quantitative estimate of drug-likeness (QED) is 0.449. The molecule has 0 spiro atoms. The number of nitrogens with zero attached hydrogens (tertiary/aromatic N) is 2. The highest BCUT2D eigenvalue weighted by Crippen LogP contribution is 2.40. The zero-order valence-electron chi connectivity index (χ0n) is 20.4. The summed E-state index contributed by atoms with van der Waals surface area (Å²) in [5.74, 6) is 0. The van der Waals surface area contributed by atoms with Crippen molar-refractivity contribution in [2.75, 3.05) is 25.0 Å². The van der Waals surface area contributed by atoms with Crippen LogP contribution >= 0.6 is 0 Å². The highest BCUT2D eigenvalue weighted by molar-refractivity contribution is 5.85. The Morgan fingerprint density at radius 2 is 1.91 bits per heavy atom. The lowest BCUT2D eigenvalue weighted by Gasteiger charge is -2.39. The minimum atomic E-state index is 0.189. The monoisotopic (exact) mass is 442 g/mol. The van der Waals surface area contributed by atoms with E-state index >= 15 is 0 Å². The smallest absolute Gasteiger partial charge is 0.0944 e. The lowest BCUT2D eigenvalue weighted by Crippen LogP contribution is -2.35. The number of aromatic nitrogens is 1. The first-order valence-corrected chi connectivity index (χ1v) is 12.7. The van der Waals surface area contributed by atoms with E-state index in [1.807, 2.05) is 0 Å². The highest BCUT2D eigenvalue weighted by Gasteiger charge is 2.32. The maximum Gasteiger partial charge on any atom is 0.0944 e. The van der Waals surface area contributed by atoms with Crippen molar-refractivity contribution in [2.24, 2.45) is 0 Å². The number of anilines is 1. The van der Waals surface area contributed by atoms with Crippen LogP contribution in [-0.2, 0) is 6.42 Å². The molecule has 3 atom stereocenters. The van der Waals surface area contributed by atoms with Crippen LogP contribution in [0, 0.1) is 0 Å². The van der Waals surface area contributed by atoms with Crippen molar-refractivity contribution in [3.63, 3.8) is 0 Å². The second-order valence-electron chi connectivity index (χ2n) is 9.87. The molecule has 1 aromatic heterocycles. The van der Waals surface area contributed by atoms with Crippen molar-refractivity contribution in [1.82, 2.24) is 14.8 Å². The number of rotatable bonds is 7. The SMILES string of the molecule is C=C(CC)N1CCc2c([nH]c3ccccc23)[C@H]1c1ccc(N[C@H]2C[C@H](C)N(CCC)C2)cc1. The molecule has 0 unspecified atom stereocenters. The van der Waals surface area contributed by atoms with Gasteiger partial charge < -0.3 is 15.2 Å². The molecule has 0 bridgehead atoms. The van der Waals surface area contributed by atoms with E-state index in [9.17, 15) is 0 Å². The van der Waals surface area contributed by atoms with Crippen LogP contribution < -0.4 is 5.32 Å². The van der Waals surface area contributed by atoms with E-state index in [-0.39, 0.29) is 6.04 Å². The number of fused-ring (bicyclic) bond motifs is 3. The van der Waals surface area contributed by atoms with Crippen LogP contribution in [0.15, 0.2) is 60.8 Å². The molecule has 1 fully saturated rings. The molecule has 2 N–H and O–H groups in total. The molecule has 0 aliphatic carbocycles. The second-order valence-corrected chi connectivity index (χ2v) is 9.87. The average Bonchev–Trinajstić information content (AvgIpc) is 3.38. The molecule has 0 saturated carbocycles. The van der Waals surface area contributed by atoms with Crippen molar-refractivity contribution in [3.05, 3.63) is 77.6 Å². The summed E-state index contributed by atoms with van der Waals surface area (Å²) >= 11 is 0. The lowest BCUT2D eigenvalue weighted by molar-refractivity contribution is 0.265. The number of allylic oxidation sites excluding steroid dienone is 1. The zero-order chi connectivity index (χ0) is 22.9. The van der Waals surface area contributed by atoms with Crippen LogP contribution in [0.5, 0.6) is 0 Å². The molecular formula is C29H38N4. The first kappa shape index (κ1) is 22.1. The topological polar surface area (TPSA) is 34.3 Å². The highest BCUT2D eigenvalue weighted by atomic mass is 15.2. The molecule has 4 heteroatoms. The number of hydrogen-bond acceptors (Lipinski definition) is 3. The summed E-state index contributed by atoms with van der Waals surface area (Å²) in [6.45, 7) is 14.6. The van der Waals surface area contributed by atoms with E-state index < -0.39 is 0 Å². The molecule has 33 heavy (non-hydrogen) atoms. The Hall–Kier alpha value is -2.72. The van der Waals surface area contributed by atoms with Crippen LogP contribution in [0.3, 0.4) is 0 Å². The van der Waals surface area contributed by atoms with Crippen LogP contribution in [-0.4, -0.2) is 46.5 Å². The molecule has 2 aromatic carbocycles. The van der Waals surface area contributed by atoms with Gasteiger partial charge in [0.25, 0.3) is 0 Å². The van der Waals surface area contributed by atoms with Gasteiger partial charge in [0.1, 0.15) is 0 Å². The van der Waals surface area contributed by atoms with Gasteiger partial charge >= 0.3 is 0 Å². The van der Waals surface area contributed by atoms with E-state index in [0.29, 0.717) is 12.1 Å². The predicted octanol–water partition coefficient (Wildman–Crippen LogP) is 6.32. The first-order chi connectivity index (χ1) is 16.1. The lowest BCUT2D eigenvalue weighted by atomic mass is 9.91. The summed E-state index contributed by atoms with van der Waals surface area (Å²) in [4.78, 5) is 8.88. The van der Waals surface area contributed by atoms with Gasteiger partial charge in [0, 0.05) is 53.2 Å². The Labute approximate surface area is 198 Å². The summed E-state index contributed by atoms with van der Waals surface area (Å²) < 4.78 is 0. The molecule has 3 heterocycles. The van der Waals surface area contributed by atoms with Gasteiger partial charge in [0.2, 0.25) is 0 Å². The van der Waals surface area contributed by atoms with Crippen molar-refractivity contribution in [2.45, 2.75) is 64.6 Å². The Balaban J connectivity index is 1.42. The van der Waals surface area contributed by atoms with E-state index in [1.165, 1.54) is 58.5 Å². The zero-order valence-corrected chi connectivity index (χ0v) is 20.4. The Morgan fingerprint density at radius 1 is 1.12 bits per heavy atom. The molecule has 2 aliphatic heterocycles. The standard InChI is InChI=1S/C29H38N4/c1-5-16-32-19-24(18-21(32)4)30-23-13-11-22(12-14-23)29-28-26(15-17-33(29)20(3)6-2)25-9-7-8-10-27(25)31-28/h7-14,21,24,29-31H,3,5-6,15-19H2,1-2,4H3/t21-,24-,29+/m0/s1. The molecule has 174 valence electrons. The first-order valence-electron chi connectivity index (χ1n) is 12.7. The molecule has 5 rings (SSSR count). The van der Waals surface area contributed by atoms with Crippen molar-refractivity contribution >= 4 is 16.6 Å². The average molecular weight is 443 g/mol. The molecular weight excluding hydrogens is 404 g/mol. The fourth-order valence-corrected chi connectivity index (χ4v) is 5.93. The Morgan fingerprint density at radius 3 is 2.67 bits per heavy atom. The van der Waals surface area contributed by atoms with Crippen LogP contribution in [0.25, 0.3) is 10.9 Å². The predicted molar refractivity (Wildman–Crippen MR) is 140 cm³/mol. The van der Waals surface area contributed by atoms with Gasteiger partial charge in [-0.15, -0.1) is 0 Å². The molecule has 3 aromatic rings. The maximum atomic E-state index is 4.41. The third-order valence-electron chi connectivity index (χ3n) is 7.66. The largest absolute Gasteiger partial charge is 0.381 e. The molecule has 0 amide bonds. The molecule has 0 radical (unpaired) electrons. The van der Waals surface area contributed by atoms with Crippen molar-refractivity contribution in [3.8, 4) is 0 Å². The van der Waals surface area contributed by atoms with Gasteiger partial charge in [0.05, 0.1) is 6.04 Å². The van der Waals surface area contributed by atoms with Gasteiger partial charge in [0.15, 0.2) is 0 Å². The van der Waals surface area contributed by atoms with Gasteiger partial charge in [-0.25, -0.2) is 0 Å². The van der Waals surface area contributed by atoms with E-state index in [2.05, 4.69) is 96.0 Å². The van der Waals surface area contributed by atoms with Crippen LogP contribution in [0.2, 0.25) is 0 Å². The minimum Gasteiger partial charge on any atom is -0.381 e. The number of aromatic amines is 1. The Kier molecular flexibility index (Phi) is 6.20. The van der Waals surface area contributed by atoms with E-state index in [0.717, 1.165) is 25.9 Å². The van der Waals surface area contributed by atoms with Crippen LogP contribution in [0.4, 0.5) is 5.69 Å². The van der Waals surface area contributed by atoms with Gasteiger partial charge in [-0.3, -0.25) is 4.90 Å². The normalized spacial score (nSPS) is 23.1. The van der Waals surface area contributed by atoms with Crippen molar-refractivity contribution < 1.29 is 0 Å². The third-order valence-corrected chi connectivity index (χ3v) is 7.66. The molecule has 4 nitrogen and oxygen atoms in total. The van der Waals surface area contributed by atoms with Crippen molar-refractivity contribution in [1.29, 1.82) is 0 Å². The number of para-hydroxylation sites is 1. The summed E-state index contributed by atoms with van der Waals surface area (Å²) in [6.07, 6.45) is 4.47. The maximum absolute atomic E-state index is 4.41. The minimum absolute atomic E-state index is 0.189. The van der Waals surface area contributed by atoms with E-state index in [1.54, 1.807) is 0 Å². The summed E-state index contributed by atoms with van der Waals surface area (Å²) in [7, 11) is 0. The third kappa shape index (κ3) is 4.17. The number of nitrogens with one attached hydrogen (secondary N) is 2. The number of likely N-dealkylation sites (tertiary alicyclic amines) is 1. The summed E-state index contributed by atoms with van der Waals surface area (Å²) in [5.41, 5.74) is 7.80. The Bertz CT molecular complexity index is 1110. The summed E-state index contributed by atoms with van der Waals surface area (Å²) in [6, 6.07) is 19.3. The number of hydrogen-bond donors (Lipinski definition) is 2.